The highest BCUT2D eigenvalue weighted by atomic mass is 16.6. The van der Waals surface area contributed by atoms with Gasteiger partial charge in [-0.15, -0.1) is 0 Å². The summed E-state index contributed by atoms with van der Waals surface area (Å²) >= 11 is 0. The molecule has 0 radical (unpaired) electrons. The zero-order valence-corrected chi connectivity index (χ0v) is 7.10. The van der Waals surface area contributed by atoms with Crippen molar-refractivity contribution in [1.29, 1.82) is 0 Å². The predicted molar refractivity (Wildman–Crippen MR) is 50.7 cm³/mol. The highest BCUT2D eigenvalue weighted by Gasteiger charge is 1.95. The maximum atomic E-state index is 4.99. The van der Waals surface area contributed by atoms with Crippen LogP contribution in [-0.4, -0.2) is 4.98 Å². The Labute approximate surface area is 76.1 Å². The standard InChI is InChI=1S/C10H10N2O/c11-13-7-8-1-2-10-6-12-4-3-9(10)5-8/h1-6H,7,11H2. The Bertz CT molecular complexity index is 414. The monoisotopic (exact) mass is 174 g/mol. The van der Waals surface area contributed by atoms with Crippen LogP contribution in [0, 0.1) is 0 Å². The maximum Gasteiger partial charge on any atom is 0.0930 e. The molecule has 2 rings (SSSR count). The summed E-state index contributed by atoms with van der Waals surface area (Å²) in [4.78, 5) is 8.59. The van der Waals surface area contributed by atoms with Crippen LogP contribution in [0.25, 0.3) is 10.8 Å². The Morgan fingerprint density at radius 3 is 3.00 bits per heavy atom. The van der Waals surface area contributed by atoms with Crippen LogP contribution in [0.15, 0.2) is 36.7 Å². The molecule has 1 heterocycles. The third-order valence-corrected chi connectivity index (χ3v) is 1.95. The molecule has 0 aliphatic rings. The second-order valence-electron chi connectivity index (χ2n) is 2.87. The van der Waals surface area contributed by atoms with Gasteiger partial charge in [0.15, 0.2) is 0 Å². The molecule has 0 fully saturated rings. The quantitative estimate of drug-likeness (QED) is 0.704. The Kier molecular flexibility index (Phi) is 2.21. The minimum Gasteiger partial charge on any atom is -0.300 e. The Balaban J connectivity index is 2.49. The van der Waals surface area contributed by atoms with E-state index < -0.39 is 0 Å². The van der Waals surface area contributed by atoms with Gasteiger partial charge in [0, 0.05) is 17.8 Å². The van der Waals surface area contributed by atoms with Gasteiger partial charge in [-0.05, 0) is 23.1 Å². The first kappa shape index (κ1) is 8.16. The van der Waals surface area contributed by atoms with Crippen LogP contribution in [0.3, 0.4) is 0 Å². The number of pyridine rings is 1. The molecule has 0 saturated heterocycles. The van der Waals surface area contributed by atoms with Crippen molar-refractivity contribution in [2.24, 2.45) is 5.90 Å². The first-order valence-corrected chi connectivity index (χ1v) is 4.04. The molecule has 0 aliphatic carbocycles. The topological polar surface area (TPSA) is 48.1 Å². The molecule has 0 atom stereocenters. The summed E-state index contributed by atoms with van der Waals surface area (Å²) in [5.41, 5.74) is 1.07. The van der Waals surface area contributed by atoms with Gasteiger partial charge in [0.25, 0.3) is 0 Å². The number of benzene rings is 1. The van der Waals surface area contributed by atoms with Gasteiger partial charge in [-0.2, -0.15) is 0 Å². The molecule has 13 heavy (non-hydrogen) atoms. The van der Waals surface area contributed by atoms with Crippen LogP contribution in [-0.2, 0) is 11.4 Å². The second kappa shape index (κ2) is 3.51. The number of nitrogens with zero attached hydrogens (tertiary/aromatic N) is 1. The van der Waals surface area contributed by atoms with Gasteiger partial charge < -0.3 is 0 Å². The highest BCUT2D eigenvalue weighted by Crippen LogP contribution is 2.14. The lowest BCUT2D eigenvalue weighted by Gasteiger charge is -2.00. The molecule has 0 unspecified atom stereocenters. The molecule has 0 saturated carbocycles. The number of aromatic nitrogens is 1. The van der Waals surface area contributed by atoms with Crippen molar-refractivity contribution in [2.75, 3.05) is 0 Å². The van der Waals surface area contributed by atoms with Gasteiger partial charge in [0.1, 0.15) is 0 Å². The van der Waals surface area contributed by atoms with E-state index in [-0.39, 0.29) is 0 Å². The molecule has 0 amide bonds. The van der Waals surface area contributed by atoms with E-state index >= 15 is 0 Å². The fourth-order valence-electron chi connectivity index (χ4n) is 1.32. The second-order valence-corrected chi connectivity index (χ2v) is 2.87. The van der Waals surface area contributed by atoms with E-state index in [4.69, 9.17) is 5.90 Å². The highest BCUT2D eigenvalue weighted by molar-refractivity contribution is 5.81. The molecule has 2 aromatic rings. The van der Waals surface area contributed by atoms with Gasteiger partial charge in [-0.1, -0.05) is 12.1 Å². The van der Waals surface area contributed by atoms with E-state index in [9.17, 15) is 0 Å². The molecule has 1 aromatic carbocycles. The van der Waals surface area contributed by atoms with Crippen LogP contribution in [0.4, 0.5) is 0 Å². The van der Waals surface area contributed by atoms with Crippen molar-refractivity contribution in [3.8, 4) is 0 Å². The molecule has 1 aromatic heterocycles. The number of hydrogen-bond donors (Lipinski definition) is 1. The van der Waals surface area contributed by atoms with Crippen molar-refractivity contribution in [2.45, 2.75) is 6.61 Å². The zero-order chi connectivity index (χ0) is 9.10. The lowest BCUT2D eigenvalue weighted by Crippen LogP contribution is -1.98. The molecule has 3 nitrogen and oxygen atoms in total. The van der Waals surface area contributed by atoms with Crippen LogP contribution in [0.1, 0.15) is 5.56 Å². The largest absolute Gasteiger partial charge is 0.300 e. The molecular weight excluding hydrogens is 164 g/mol. The Morgan fingerprint density at radius 1 is 1.23 bits per heavy atom. The smallest absolute Gasteiger partial charge is 0.0930 e. The van der Waals surface area contributed by atoms with Crippen LogP contribution >= 0.6 is 0 Å². The number of hydrogen-bond acceptors (Lipinski definition) is 3. The van der Waals surface area contributed by atoms with Crippen LogP contribution in [0.5, 0.6) is 0 Å². The normalized spacial score (nSPS) is 10.5. The van der Waals surface area contributed by atoms with Crippen LogP contribution < -0.4 is 5.90 Å². The molecule has 2 N–H and O–H groups in total. The molecule has 3 heteroatoms. The molecular formula is C10H10N2O. The number of rotatable bonds is 2. The fourth-order valence-corrected chi connectivity index (χ4v) is 1.32. The van der Waals surface area contributed by atoms with Gasteiger partial charge >= 0.3 is 0 Å². The summed E-state index contributed by atoms with van der Waals surface area (Å²) in [5.74, 6) is 4.99. The number of nitrogens with two attached hydrogens (primary N) is 1. The van der Waals surface area contributed by atoms with E-state index in [1.165, 1.54) is 0 Å². The average molecular weight is 174 g/mol. The molecule has 0 spiro atoms. The summed E-state index contributed by atoms with van der Waals surface area (Å²) in [6.07, 6.45) is 3.61. The number of fused-ring (bicyclic) bond motifs is 1. The molecule has 0 bridgehead atoms. The Morgan fingerprint density at radius 2 is 2.15 bits per heavy atom. The average Bonchev–Trinajstić information content (AvgIpc) is 2.18. The van der Waals surface area contributed by atoms with E-state index in [0.29, 0.717) is 6.61 Å². The van der Waals surface area contributed by atoms with Crippen molar-refractivity contribution < 1.29 is 4.84 Å². The SMILES string of the molecule is NOCc1ccc2cnccc2c1. The van der Waals surface area contributed by atoms with Gasteiger partial charge in [-0.3, -0.25) is 9.82 Å². The lowest BCUT2D eigenvalue weighted by molar-refractivity contribution is 0.124. The van der Waals surface area contributed by atoms with E-state index in [2.05, 4.69) is 9.82 Å². The van der Waals surface area contributed by atoms with Crippen LogP contribution in [0.2, 0.25) is 0 Å². The first-order valence-electron chi connectivity index (χ1n) is 4.04. The van der Waals surface area contributed by atoms with Crippen molar-refractivity contribution >= 4 is 10.8 Å². The van der Waals surface area contributed by atoms with E-state index in [0.717, 1.165) is 16.3 Å². The van der Waals surface area contributed by atoms with Gasteiger partial charge in [0.05, 0.1) is 6.61 Å². The Hall–Kier alpha value is -1.45. The van der Waals surface area contributed by atoms with Crippen molar-refractivity contribution in [3.05, 3.63) is 42.2 Å². The lowest BCUT2D eigenvalue weighted by atomic mass is 10.1. The minimum atomic E-state index is 0.443. The van der Waals surface area contributed by atoms with Gasteiger partial charge in [-0.25, -0.2) is 5.90 Å². The minimum absolute atomic E-state index is 0.443. The van der Waals surface area contributed by atoms with E-state index in [1.807, 2.05) is 30.5 Å². The summed E-state index contributed by atoms with van der Waals surface area (Å²) in [6, 6.07) is 8.01. The predicted octanol–water partition coefficient (Wildman–Crippen LogP) is 1.63. The van der Waals surface area contributed by atoms with Gasteiger partial charge in [0.2, 0.25) is 0 Å². The van der Waals surface area contributed by atoms with E-state index in [1.54, 1.807) is 6.20 Å². The maximum absolute atomic E-state index is 4.99. The third-order valence-electron chi connectivity index (χ3n) is 1.95. The summed E-state index contributed by atoms with van der Waals surface area (Å²) in [6.45, 7) is 0.443. The fraction of sp³-hybridized carbons (Fsp3) is 0.100. The van der Waals surface area contributed by atoms with Crippen molar-refractivity contribution in [1.82, 2.24) is 4.98 Å². The molecule has 0 aliphatic heterocycles. The third kappa shape index (κ3) is 1.66. The zero-order valence-electron chi connectivity index (χ0n) is 7.10. The molecule has 66 valence electrons. The first-order chi connectivity index (χ1) is 6.40. The summed E-state index contributed by atoms with van der Waals surface area (Å²) in [7, 11) is 0. The summed E-state index contributed by atoms with van der Waals surface area (Å²) in [5, 5.41) is 2.29. The van der Waals surface area contributed by atoms with Crippen molar-refractivity contribution in [3.63, 3.8) is 0 Å². The summed E-state index contributed by atoms with van der Waals surface area (Å²) < 4.78 is 0.